The van der Waals surface area contributed by atoms with Gasteiger partial charge in [-0.25, -0.2) is 4.98 Å². The van der Waals surface area contributed by atoms with E-state index in [0.717, 1.165) is 18.5 Å². The minimum Gasteiger partial charge on any atom is -0.369 e. The van der Waals surface area contributed by atoms with E-state index in [9.17, 15) is 9.59 Å². The smallest absolute Gasteiger partial charge is 0.254 e. The summed E-state index contributed by atoms with van der Waals surface area (Å²) in [5.74, 6) is -0.734. The van der Waals surface area contributed by atoms with E-state index >= 15 is 0 Å². The number of likely N-dealkylation sites (tertiary alicyclic amines) is 1. The van der Waals surface area contributed by atoms with Crippen LogP contribution < -0.4 is 5.73 Å². The van der Waals surface area contributed by atoms with Crippen LogP contribution in [0.1, 0.15) is 42.7 Å². The lowest BCUT2D eigenvalue weighted by molar-refractivity contribution is -0.123. The number of hydrogen-bond acceptors (Lipinski definition) is 3. The van der Waals surface area contributed by atoms with Crippen molar-refractivity contribution in [3.8, 4) is 0 Å². The number of pyridine rings is 1. The zero-order valence-electron chi connectivity index (χ0n) is 12.3. The molecule has 0 spiro atoms. The predicted molar refractivity (Wildman–Crippen MR) is 81.0 cm³/mol. The van der Waals surface area contributed by atoms with Gasteiger partial charge in [-0.15, -0.1) is 0 Å². The molecule has 1 aromatic heterocycles. The van der Waals surface area contributed by atoms with Crippen LogP contribution in [-0.2, 0) is 11.2 Å². The zero-order valence-corrected chi connectivity index (χ0v) is 13.1. The summed E-state index contributed by atoms with van der Waals surface area (Å²) in [6.45, 7) is 4.31. The van der Waals surface area contributed by atoms with Gasteiger partial charge in [0.15, 0.2) is 0 Å². The third kappa shape index (κ3) is 3.53. The number of primary amides is 1. The Labute approximate surface area is 129 Å². The standard InChI is InChI=1S/C15H20ClN3O2/c1-3-12-6-11(7-13(16)18-12)15(21)19-8-10(14(17)20)5-4-9(19)2/h6-7,9-10H,3-5,8H2,1-2H3,(H2,17,20). The molecule has 0 bridgehead atoms. The molecule has 1 aromatic rings. The third-order valence-corrected chi connectivity index (χ3v) is 4.20. The first-order valence-corrected chi connectivity index (χ1v) is 7.57. The van der Waals surface area contributed by atoms with E-state index in [1.165, 1.54) is 0 Å². The van der Waals surface area contributed by atoms with Crippen LogP contribution in [0, 0.1) is 5.92 Å². The number of aryl methyl sites for hydroxylation is 1. The number of nitrogens with zero attached hydrogens (tertiary/aromatic N) is 2. The first kappa shape index (κ1) is 15.8. The molecule has 0 radical (unpaired) electrons. The van der Waals surface area contributed by atoms with Crippen LogP contribution in [0.25, 0.3) is 0 Å². The molecule has 0 saturated carbocycles. The molecule has 2 unspecified atom stereocenters. The number of rotatable bonds is 3. The first-order chi connectivity index (χ1) is 9.92. The average molecular weight is 310 g/mol. The van der Waals surface area contributed by atoms with Crippen molar-refractivity contribution >= 4 is 23.4 Å². The van der Waals surface area contributed by atoms with Crippen molar-refractivity contribution in [2.75, 3.05) is 6.54 Å². The van der Waals surface area contributed by atoms with E-state index in [2.05, 4.69) is 4.98 Å². The van der Waals surface area contributed by atoms with E-state index in [-0.39, 0.29) is 23.8 Å². The quantitative estimate of drug-likeness (QED) is 0.868. The summed E-state index contributed by atoms with van der Waals surface area (Å²) in [4.78, 5) is 29.9. The lowest BCUT2D eigenvalue weighted by Gasteiger charge is -2.37. The molecule has 0 aromatic carbocycles. The summed E-state index contributed by atoms with van der Waals surface area (Å²) < 4.78 is 0. The van der Waals surface area contributed by atoms with E-state index in [4.69, 9.17) is 17.3 Å². The van der Waals surface area contributed by atoms with Crippen molar-refractivity contribution < 1.29 is 9.59 Å². The van der Waals surface area contributed by atoms with E-state index in [0.29, 0.717) is 23.7 Å². The summed E-state index contributed by atoms with van der Waals surface area (Å²) >= 11 is 5.97. The first-order valence-electron chi connectivity index (χ1n) is 7.19. The number of piperidine rings is 1. The Kier molecular flexibility index (Phi) is 4.83. The van der Waals surface area contributed by atoms with Crippen LogP contribution in [0.15, 0.2) is 12.1 Å². The van der Waals surface area contributed by atoms with Crippen LogP contribution in [-0.4, -0.2) is 34.3 Å². The molecular formula is C15H20ClN3O2. The highest BCUT2D eigenvalue weighted by molar-refractivity contribution is 6.29. The molecule has 114 valence electrons. The van der Waals surface area contributed by atoms with Crippen molar-refractivity contribution in [2.24, 2.45) is 11.7 Å². The number of hydrogen-bond donors (Lipinski definition) is 1. The zero-order chi connectivity index (χ0) is 15.6. The lowest BCUT2D eigenvalue weighted by Crippen LogP contribution is -2.48. The number of halogens is 1. The topological polar surface area (TPSA) is 76.3 Å². The molecule has 1 saturated heterocycles. The van der Waals surface area contributed by atoms with E-state index < -0.39 is 0 Å². The molecule has 2 heterocycles. The van der Waals surface area contributed by atoms with Crippen molar-refractivity contribution in [1.82, 2.24) is 9.88 Å². The van der Waals surface area contributed by atoms with Gasteiger partial charge in [-0.1, -0.05) is 18.5 Å². The van der Waals surface area contributed by atoms with Crippen molar-refractivity contribution in [1.29, 1.82) is 0 Å². The number of aromatic nitrogens is 1. The Hall–Kier alpha value is -1.62. The van der Waals surface area contributed by atoms with Gasteiger partial charge in [0.1, 0.15) is 5.15 Å². The molecule has 2 rings (SSSR count). The maximum atomic E-state index is 12.7. The second-order valence-electron chi connectivity index (χ2n) is 5.51. The highest BCUT2D eigenvalue weighted by Crippen LogP contribution is 2.24. The second kappa shape index (κ2) is 6.43. The molecule has 2 N–H and O–H groups in total. The molecule has 2 amide bonds. The summed E-state index contributed by atoms with van der Waals surface area (Å²) in [6, 6.07) is 3.42. The molecule has 0 aliphatic carbocycles. The van der Waals surface area contributed by atoms with Crippen LogP contribution in [0.5, 0.6) is 0 Å². The highest BCUT2D eigenvalue weighted by Gasteiger charge is 2.32. The molecular weight excluding hydrogens is 290 g/mol. The molecule has 5 nitrogen and oxygen atoms in total. The summed E-state index contributed by atoms with van der Waals surface area (Å²) in [6.07, 6.45) is 2.22. The van der Waals surface area contributed by atoms with Crippen LogP contribution in [0.2, 0.25) is 5.15 Å². The lowest BCUT2D eigenvalue weighted by atomic mass is 9.92. The Morgan fingerprint density at radius 3 is 2.76 bits per heavy atom. The third-order valence-electron chi connectivity index (χ3n) is 4.00. The average Bonchev–Trinajstić information content (AvgIpc) is 2.46. The van der Waals surface area contributed by atoms with Crippen LogP contribution in [0.3, 0.4) is 0 Å². The van der Waals surface area contributed by atoms with Gasteiger partial charge in [0.25, 0.3) is 5.91 Å². The van der Waals surface area contributed by atoms with Gasteiger partial charge in [0, 0.05) is 23.8 Å². The number of amides is 2. The number of carbonyl (C=O) groups is 2. The van der Waals surface area contributed by atoms with Gasteiger partial charge in [0.05, 0.1) is 5.92 Å². The fraction of sp³-hybridized carbons (Fsp3) is 0.533. The fourth-order valence-corrected chi connectivity index (χ4v) is 2.87. The van der Waals surface area contributed by atoms with E-state index in [1.54, 1.807) is 17.0 Å². The molecule has 1 fully saturated rings. The Bertz CT molecular complexity index is 562. The van der Waals surface area contributed by atoms with E-state index in [1.807, 2.05) is 13.8 Å². The largest absolute Gasteiger partial charge is 0.369 e. The number of carbonyl (C=O) groups excluding carboxylic acids is 2. The second-order valence-corrected chi connectivity index (χ2v) is 5.89. The van der Waals surface area contributed by atoms with Crippen LogP contribution >= 0.6 is 11.6 Å². The van der Waals surface area contributed by atoms with Gasteiger partial charge in [-0.2, -0.15) is 0 Å². The monoisotopic (exact) mass is 309 g/mol. The fourth-order valence-electron chi connectivity index (χ4n) is 2.64. The molecule has 6 heteroatoms. The minimum atomic E-state index is -0.346. The summed E-state index contributed by atoms with van der Waals surface area (Å²) in [5, 5.41) is 0.314. The number of nitrogens with two attached hydrogens (primary N) is 1. The predicted octanol–water partition coefficient (Wildman–Crippen LogP) is 2.02. The van der Waals surface area contributed by atoms with Gasteiger partial charge in [0.2, 0.25) is 5.91 Å². The van der Waals surface area contributed by atoms with Crippen molar-refractivity contribution in [3.05, 3.63) is 28.5 Å². The van der Waals surface area contributed by atoms with Crippen molar-refractivity contribution in [3.63, 3.8) is 0 Å². The van der Waals surface area contributed by atoms with Crippen molar-refractivity contribution in [2.45, 2.75) is 39.2 Å². The molecule has 1 aliphatic rings. The van der Waals surface area contributed by atoms with Gasteiger partial charge in [-0.3, -0.25) is 9.59 Å². The molecule has 1 aliphatic heterocycles. The maximum Gasteiger partial charge on any atom is 0.254 e. The Balaban J connectivity index is 2.25. The maximum absolute atomic E-state index is 12.7. The minimum absolute atomic E-state index is 0.0881. The van der Waals surface area contributed by atoms with Crippen LogP contribution in [0.4, 0.5) is 0 Å². The Morgan fingerprint density at radius 1 is 1.43 bits per heavy atom. The van der Waals surface area contributed by atoms with Gasteiger partial charge < -0.3 is 10.6 Å². The summed E-state index contributed by atoms with van der Waals surface area (Å²) in [7, 11) is 0. The highest BCUT2D eigenvalue weighted by atomic mass is 35.5. The Morgan fingerprint density at radius 2 is 2.14 bits per heavy atom. The van der Waals surface area contributed by atoms with Gasteiger partial charge >= 0.3 is 0 Å². The molecule has 2 atom stereocenters. The SMILES string of the molecule is CCc1cc(C(=O)N2CC(C(N)=O)CCC2C)cc(Cl)n1. The van der Waals surface area contributed by atoms with Gasteiger partial charge in [-0.05, 0) is 38.3 Å². The summed E-state index contributed by atoms with van der Waals surface area (Å²) in [5.41, 5.74) is 6.67. The normalized spacial score (nSPS) is 22.1. The molecule has 21 heavy (non-hydrogen) atoms.